The molecule has 0 aliphatic rings. The number of amidine groups is 1. The molecule has 1 aromatic carbocycles. The van der Waals surface area contributed by atoms with E-state index in [1.54, 1.807) is 24.3 Å². The van der Waals surface area contributed by atoms with Gasteiger partial charge >= 0.3 is 0 Å². The zero-order chi connectivity index (χ0) is 14.5. The second-order valence-corrected chi connectivity index (χ2v) is 4.77. The molecule has 3 N–H and O–H groups in total. The number of benzene rings is 1. The molecule has 0 amide bonds. The summed E-state index contributed by atoms with van der Waals surface area (Å²) in [6, 6.07) is 7.92. The minimum atomic E-state index is -0.456. The summed E-state index contributed by atoms with van der Waals surface area (Å²) in [7, 11) is 0. The fourth-order valence-electron chi connectivity index (χ4n) is 1.54. The number of nitrogens with zero attached hydrogens (tertiary/aromatic N) is 3. The van der Waals surface area contributed by atoms with Crippen molar-refractivity contribution >= 4 is 23.3 Å². The summed E-state index contributed by atoms with van der Waals surface area (Å²) in [6.07, 6.45) is 3.01. The van der Waals surface area contributed by atoms with Gasteiger partial charge in [-0.25, -0.2) is 0 Å². The quantitative estimate of drug-likeness (QED) is 0.293. The molecule has 0 atom stereocenters. The van der Waals surface area contributed by atoms with Gasteiger partial charge in [-0.15, -0.1) is 0 Å². The molecule has 20 heavy (non-hydrogen) atoms. The van der Waals surface area contributed by atoms with Gasteiger partial charge in [0.1, 0.15) is 0 Å². The summed E-state index contributed by atoms with van der Waals surface area (Å²) < 4.78 is 0. The maximum atomic E-state index is 11.0. The lowest BCUT2D eigenvalue weighted by Crippen LogP contribution is -2.14. The molecule has 7 nitrogen and oxygen atoms in total. The van der Waals surface area contributed by atoms with E-state index in [1.165, 1.54) is 18.5 Å². The van der Waals surface area contributed by atoms with E-state index in [-0.39, 0.29) is 11.5 Å². The zero-order valence-corrected chi connectivity index (χ0v) is 10.9. The van der Waals surface area contributed by atoms with Crippen LogP contribution in [0.3, 0.4) is 0 Å². The average molecular weight is 290 g/mol. The van der Waals surface area contributed by atoms with Gasteiger partial charge in [0.15, 0.2) is 5.84 Å². The lowest BCUT2D eigenvalue weighted by molar-refractivity contribution is -0.387. The van der Waals surface area contributed by atoms with Gasteiger partial charge in [-0.1, -0.05) is 29.1 Å². The molecule has 0 spiro atoms. The van der Waals surface area contributed by atoms with Crippen LogP contribution in [0.1, 0.15) is 5.56 Å². The van der Waals surface area contributed by atoms with Crippen molar-refractivity contribution in [1.82, 2.24) is 4.98 Å². The Kier molecular flexibility index (Phi) is 4.16. The predicted octanol–water partition coefficient (Wildman–Crippen LogP) is 2.24. The number of hydrogen-bond donors (Lipinski definition) is 2. The van der Waals surface area contributed by atoms with Gasteiger partial charge in [-0.2, -0.15) is 0 Å². The van der Waals surface area contributed by atoms with Crippen LogP contribution < -0.4 is 5.73 Å². The normalized spacial score (nSPS) is 11.3. The number of oxime groups is 1. The zero-order valence-electron chi connectivity index (χ0n) is 10.1. The molecule has 0 aliphatic heterocycles. The average Bonchev–Trinajstić information content (AvgIpc) is 2.47. The van der Waals surface area contributed by atoms with Gasteiger partial charge in [-0.05, 0) is 12.1 Å². The second kappa shape index (κ2) is 6.02. The van der Waals surface area contributed by atoms with Crippen molar-refractivity contribution < 1.29 is 10.1 Å². The predicted molar refractivity (Wildman–Crippen MR) is 74.0 cm³/mol. The summed E-state index contributed by atoms with van der Waals surface area (Å²) in [6.45, 7) is 0. The van der Waals surface area contributed by atoms with Crippen molar-refractivity contribution in [3.05, 3.63) is 58.4 Å². The minimum Gasteiger partial charge on any atom is -0.409 e. The van der Waals surface area contributed by atoms with E-state index in [2.05, 4.69) is 10.1 Å². The molecule has 2 aromatic rings. The van der Waals surface area contributed by atoms with Crippen molar-refractivity contribution in [3.8, 4) is 0 Å². The van der Waals surface area contributed by atoms with Gasteiger partial charge < -0.3 is 10.9 Å². The highest BCUT2D eigenvalue weighted by atomic mass is 32.2. The summed E-state index contributed by atoms with van der Waals surface area (Å²) >= 11 is 1.14. The van der Waals surface area contributed by atoms with E-state index in [0.29, 0.717) is 15.4 Å². The highest BCUT2D eigenvalue weighted by Crippen LogP contribution is 2.35. The Morgan fingerprint density at radius 3 is 2.80 bits per heavy atom. The Morgan fingerprint density at radius 1 is 1.35 bits per heavy atom. The van der Waals surface area contributed by atoms with Crippen molar-refractivity contribution in [2.24, 2.45) is 10.9 Å². The summed E-state index contributed by atoms with van der Waals surface area (Å²) in [5.74, 6) is -0.0755. The standard InChI is InChI=1S/C12H10N4O3S/c13-12(15-17)8-5-6-14-7-11(8)20-10-4-2-1-3-9(10)16(18)19/h1-7,17H,(H2,13,15). The molecule has 102 valence electrons. The summed E-state index contributed by atoms with van der Waals surface area (Å²) in [4.78, 5) is 15.5. The van der Waals surface area contributed by atoms with Crippen LogP contribution in [0.5, 0.6) is 0 Å². The molecule has 0 fully saturated rings. The molecule has 0 unspecified atom stereocenters. The molecule has 0 aliphatic carbocycles. The number of para-hydroxylation sites is 1. The number of aromatic nitrogens is 1. The van der Waals surface area contributed by atoms with E-state index in [0.717, 1.165) is 11.8 Å². The first-order valence-corrected chi connectivity index (χ1v) is 6.28. The lowest BCUT2D eigenvalue weighted by Gasteiger charge is -2.07. The number of nitro groups is 1. The van der Waals surface area contributed by atoms with Crippen LogP contribution >= 0.6 is 11.8 Å². The number of pyridine rings is 1. The van der Waals surface area contributed by atoms with Crippen molar-refractivity contribution in [2.75, 3.05) is 0 Å². The third kappa shape index (κ3) is 2.86. The van der Waals surface area contributed by atoms with E-state index in [1.807, 2.05) is 0 Å². The lowest BCUT2D eigenvalue weighted by atomic mass is 10.2. The number of nitro benzene ring substituents is 1. The highest BCUT2D eigenvalue weighted by molar-refractivity contribution is 7.99. The molecule has 0 saturated heterocycles. The van der Waals surface area contributed by atoms with Crippen LogP contribution in [0.25, 0.3) is 0 Å². The number of hydrogen-bond acceptors (Lipinski definition) is 6. The van der Waals surface area contributed by atoms with Gasteiger partial charge in [0, 0.05) is 28.9 Å². The van der Waals surface area contributed by atoms with Crippen LogP contribution in [0, 0.1) is 10.1 Å². The van der Waals surface area contributed by atoms with E-state index < -0.39 is 4.92 Å². The largest absolute Gasteiger partial charge is 0.409 e. The first kappa shape index (κ1) is 13.8. The number of rotatable bonds is 4. The first-order chi connectivity index (χ1) is 9.63. The molecule has 0 bridgehead atoms. The molecule has 1 aromatic heterocycles. The smallest absolute Gasteiger partial charge is 0.283 e. The van der Waals surface area contributed by atoms with Gasteiger partial charge in [0.05, 0.1) is 9.82 Å². The Bertz CT molecular complexity index is 675. The van der Waals surface area contributed by atoms with Crippen LogP contribution in [-0.4, -0.2) is 21.0 Å². The molecule has 1 heterocycles. The van der Waals surface area contributed by atoms with Crippen molar-refractivity contribution in [2.45, 2.75) is 9.79 Å². The Morgan fingerprint density at radius 2 is 2.10 bits per heavy atom. The Hall–Kier alpha value is -2.61. The third-order valence-electron chi connectivity index (χ3n) is 2.45. The van der Waals surface area contributed by atoms with Gasteiger partial charge in [-0.3, -0.25) is 15.1 Å². The first-order valence-electron chi connectivity index (χ1n) is 5.46. The SMILES string of the molecule is N/C(=N/O)c1ccncc1Sc1ccccc1[N+](=O)[O-]. The molecule has 2 rings (SSSR count). The third-order valence-corrected chi connectivity index (χ3v) is 3.56. The van der Waals surface area contributed by atoms with Crippen LogP contribution in [0.4, 0.5) is 5.69 Å². The minimum absolute atomic E-state index is 0.00758. The second-order valence-electron chi connectivity index (χ2n) is 3.68. The van der Waals surface area contributed by atoms with Gasteiger partial charge in [0.2, 0.25) is 0 Å². The summed E-state index contributed by atoms with van der Waals surface area (Å²) in [5, 5.41) is 22.7. The topological polar surface area (TPSA) is 115 Å². The van der Waals surface area contributed by atoms with Crippen molar-refractivity contribution in [1.29, 1.82) is 0 Å². The van der Waals surface area contributed by atoms with E-state index in [9.17, 15) is 10.1 Å². The molecule has 0 saturated carbocycles. The monoisotopic (exact) mass is 290 g/mol. The van der Waals surface area contributed by atoms with E-state index in [4.69, 9.17) is 10.9 Å². The molecular weight excluding hydrogens is 280 g/mol. The maximum Gasteiger partial charge on any atom is 0.283 e. The molecular formula is C12H10N4O3S. The van der Waals surface area contributed by atoms with Crippen LogP contribution in [-0.2, 0) is 0 Å². The van der Waals surface area contributed by atoms with Crippen molar-refractivity contribution in [3.63, 3.8) is 0 Å². The van der Waals surface area contributed by atoms with Gasteiger partial charge in [0.25, 0.3) is 5.69 Å². The maximum absolute atomic E-state index is 11.0. The fraction of sp³-hybridized carbons (Fsp3) is 0. The van der Waals surface area contributed by atoms with Crippen LogP contribution in [0.2, 0.25) is 0 Å². The fourth-order valence-corrected chi connectivity index (χ4v) is 2.57. The molecule has 0 radical (unpaired) electrons. The Labute approximate surface area is 118 Å². The Balaban J connectivity index is 2.44. The van der Waals surface area contributed by atoms with E-state index >= 15 is 0 Å². The molecule has 8 heteroatoms. The number of nitrogens with two attached hydrogens (primary N) is 1. The van der Waals surface area contributed by atoms with Crippen LogP contribution in [0.15, 0.2) is 57.7 Å². The highest BCUT2D eigenvalue weighted by Gasteiger charge is 2.16. The summed E-state index contributed by atoms with van der Waals surface area (Å²) in [5.41, 5.74) is 6.03.